The molecule has 2 unspecified atom stereocenters. The molecule has 0 saturated heterocycles. The average molecular weight is 274 g/mol. The van der Waals surface area contributed by atoms with E-state index in [9.17, 15) is 9.59 Å². The van der Waals surface area contributed by atoms with Crippen LogP contribution in [0.25, 0.3) is 0 Å². The van der Waals surface area contributed by atoms with Crippen molar-refractivity contribution in [2.75, 3.05) is 26.9 Å². The second-order valence-corrected chi connectivity index (χ2v) is 4.69. The Hall–Kier alpha value is -1.14. The van der Waals surface area contributed by atoms with Crippen molar-refractivity contribution in [2.24, 2.45) is 5.92 Å². The summed E-state index contributed by atoms with van der Waals surface area (Å²) in [6.07, 6.45) is 0. The van der Waals surface area contributed by atoms with E-state index < -0.39 is 12.0 Å². The fourth-order valence-electron chi connectivity index (χ4n) is 1.58. The molecule has 0 aromatic carbocycles. The Labute approximate surface area is 115 Å². The summed E-state index contributed by atoms with van der Waals surface area (Å²) < 4.78 is 10.1. The molecule has 2 atom stereocenters. The van der Waals surface area contributed by atoms with Crippen molar-refractivity contribution in [3.63, 3.8) is 0 Å². The van der Waals surface area contributed by atoms with Gasteiger partial charge in [0.15, 0.2) is 0 Å². The molecule has 0 aliphatic heterocycles. The molecular weight excluding hydrogens is 248 g/mol. The average Bonchev–Trinajstić information content (AvgIpc) is 2.35. The van der Waals surface area contributed by atoms with Crippen molar-refractivity contribution >= 4 is 11.9 Å². The van der Waals surface area contributed by atoms with Gasteiger partial charge in [0.25, 0.3) is 0 Å². The van der Waals surface area contributed by atoms with Crippen molar-refractivity contribution in [1.82, 2.24) is 10.6 Å². The van der Waals surface area contributed by atoms with Crippen LogP contribution in [-0.2, 0) is 19.1 Å². The summed E-state index contributed by atoms with van der Waals surface area (Å²) in [7, 11) is 1.30. The van der Waals surface area contributed by atoms with Gasteiger partial charge in [-0.15, -0.1) is 0 Å². The highest BCUT2D eigenvalue weighted by molar-refractivity contribution is 5.83. The summed E-state index contributed by atoms with van der Waals surface area (Å²) in [5.74, 6) is -0.355. The van der Waals surface area contributed by atoms with Gasteiger partial charge >= 0.3 is 5.97 Å². The van der Waals surface area contributed by atoms with Gasteiger partial charge in [0.2, 0.25) is 5.91 Å². The molecule has 6 nitrogen and oxygen atoms in total. The summed E-state index contributed by atoms with van der Waals surface area (Å²) >= 11 is 0. The number of carbonyl (C=O) groups is 2. The Morgan fingerprint density at radius 2 is 1.89 bits per heavy atom. The summed E-state index contributed by atoms with van der Waals surface area (Å²) in [6.45, 7) is 8.99. The van der Waals surface area contributed by atoms with Gasteiger partial charge < -0.3 is 20.1 Å². The lowest BCUT2D eigenvalue weighted by atomic mass is 10.1. The summed E-state index contributed by atoms with van der Waals surface area (Å²) in [4.78, 5) is 22.6. The van der Waals surface area contributed by atoms with Crippen molar-refractivity contribution in [3.8, 4) is 0 Å². The monoisotopic (exact) mass is 274 g/mol. The van der Waals surface area contributed by atoms with E-state index in [1.807, 2.05) is 6.92 Å². The van der Waals surface area contributed by atoms with E-state index in [2.05, 4.69) is 29.2 Å². The van der Waals surface area contributed by atoms with Gasteiger partial charge in [-0.3, -0.25) is 4.79 Å². The largest absolute Gasteiger partial charge is 0.467 e. The number of carbonyl (C=O) groups excluding carboxylic acids is 2. The van der Waals surface area contributed by atoms with Crippen LogP contribution in [0.3, 0.4) is 0 Å². The van der Waals surface area contributed by atoms with Crippen molar-refractivity contribution < 1.29 is 19.1 Å². The van der Waals surface area contributed by atoms with Gasteiger partial charge in [0, 0.05) is 26.1 Å². The first-order valence-corrected chi connectivity index (χ1v) is 6.58. The number of hydrogen-bond donors (Lipinski definition) is 2. The predicted octanol–water partition coefficient (Wildman–Crippen LogP) is 0.315. The molecule has 0 aliphatic rings. The van der Waals surface area contributed by atoms with Crippen LogP contribution < -0.4 is 10.6 Å². The van der Waals surface area contributed by atoms with Gasteiger partial charge in [0.1, 0.15) is 6.04 Å². The highest BCUT2D eigenvalue weighted by atomic mass is 16.5. The highest BCUT2D eigenvalue weighted by Crippen LogP contribution is 2.02. The zero-order valence-electron chi connectivity index (χ0n) is 12.5. The Balaban J connectivity index is 4.39. The number of nitrogens with one attached hydrogen (secondary N) is 2. The van der Waals surface area contributed by atoms with Crippen LogP contribution >= 0.6 is 0 Å². The molecule has 0 aromatic rings. The molecule has 0 rings (SSSR count). The molecule has 0 fully saturated rings. The zero-order chi connectivity index (χ0) is 14.8. The van der Waals surface area contributed by atoms with E-state index in [0.717, 1.165) is 0 Å². The predicted molar refractivity (Wildman–Crippen MR) is 72.7 cm³/mol. The SMILES string of the molecule is CCOCC(NCC(NC(C)=O)C(=O)OC)C(C)C. The Kier molecular flexibility index (Phi) is 9.16. The summed E-state index contributed by atoms with van der Waals surface area (Å²) in [5, 5.41) is 5.80. The molecule has 0 spiro atoms. The number of rotatable bonds is 9. The molecular formula is C13H26N2O4. The molecule has 0 radical (unpaired) electrons. The maximum absolute atomic E-state index is 11.5. The molecule has 2 N–H and O–H groups in total. The highest BCUT2D eigenvalue weighted by Gasteiger charge is 2.22. The minimum atomic E-state index is -0.676. The van der Waals surface area contributed by atoms with Crippen LogP contribution in [0.5, 0.6) is 0 Å². The quantitative estimate of drug-likeness (QED) is 0.592. The topological polar surface area (TPSA) is 76.7 Å². The normalized spacial score (nSPS) is 14.0. The first kappa shape index (κ1) is 17.9. The number of methoxy groups -OCH3 is 1. The van der Waals surface area contributed by atoms with E-state index in [-0.39, 0.29) is 11.9 Å². The van der Waals surface area contributed by atoms with Crippen LogP contribution in [-0.4, -0.2) is 50.8 Å². The third kappa shape index (κ3) is 7.79. The molecule has 19 heavy (non-hydrogen) atoms. The van der Waals surface area contributed by atoms with Crippen LogP contribution in [0.1, 0.15) is 27.7 Å². The zero-order valence-corrected chi connectivity index (χ0v) is 12.5. The Morgan fingerprint density at radius 1 is 1.26 bits per heavy atom. The Bertz CT molecular complexity index is 282. The second kappa shape index (κ2) is 9.75. The molecule has 0 saturated carbocycles. The lowest BCUT2D eigenvalue weighted by molar-refractivity contribution is -0.144. The molecule has 0 aromatic heterocycles. The first-order chi connectivity index (χ1) is 8.92. The molecule has 0 heterocycles. The van der Waals surface area contributed by atoms with Crippen molar-refractivity contribution in [2.45, 2.75) is 39.8 Å². The summed E-state index contributed by atoms with van der Waals surface area (Å²) in [5.41, 5.74) is 0. The van der Waals surface area contributed by atoms with Crippen LogP contribution in [0.4, 0.5) is 0 Å². The van der Waals surface area contributed by atoms with E-state index in [1.54, 1.807) is 0 Å². The van der Waals surface area contributed by atoms with Gasteiger partial charge in [0.05, 0.1) is 13.7 Å². The van der Waals surface area contributed by atoms with Gasteiger partial charge in [-0.05, 0) is 12.8 Å². The third-order valence-electron chi connectivity index (χ3n) is 2.75. The minimum absolute atomic E-state index is 0.126. The third-order valence-corrected chi connectivity index (χ3v) is 2.75. The maximum atomic E-state index is 11.5. The standard InChI is InChI=1S/C13H26N2O4/c1-6-19-8-12(9(2)3)14-7-11(13(17)18-5)15-10(4)16/h9,11-12,14H,6-8H2,1-5H3,(H,15,16). The van der Waals surface area contributed by atoms with Crippen molar-refractivity contribution in [1.29, 1.82) is 0 Å². The smallest absolute Gasteiger partial charge is 0.329 e. The van der Waals surface area contributed by atoms with E-state index in [0.29, 0.717) is 25.7 Å². The van der Waals surface area contributed by atoms with Gasteiger partial charge in [-0.1, -0.05) is 13.8 Å². The number of esters is 1. The lowest BCUT2D eigenvalue weighted by Gasteiger charge is -2.24. The molecule has 1 amide bonds. The van der Waals surface area contributed by atoms with Crippen LogP contribution in [0.2, 0.25) is 0 Å². The Morgan fingerprint density at radius 3 is 2.32 bits per heavy atom. The molecule has 0 aliphatic carbocycles. The fraction of sp³-hybridized carbons (Fsp3) is 0.846. The minimum Gasteiger partial charge on any atom is -0.467 e. The van der Waals surface area contributed by atoms with Crippen LogP contribution in [0.15, 0.2) is 0 Å². The fourth-order valence-corrected chi connectivity index (χ4v) is 1.58. The second-order valence-electron chi connectivity index (χ2n) is 4.69. The number of hydrogen-bond acceptors (Lipinski definition) is 5. The van der Waals surface area contributed by atoms with Crippen molar-refractivity contribution in [3.05, 3.63) is 0 Å². The number of ether oxygens (including phenoxy) is 2. The molecule has 0 bridgehead atoms. The maximum Gasteiger partial charge on any atom is 0.329 e. The van der Waals surface area contributed by atoms with E-state index in [4.69, 9.17) is 4.74 Å². The molecule has 112 valence electrons. The van der Waals surface area contributed by atoms with E-state index >= 15 is 0 Å². The van der Waals surface area contributed by atoms with Gasteiger partial charge in [-0.25, -0.2) is 4.79 Å². The van der Waals surface area contributed by atoms with Crippen LogP contribution in [0, 0.1) is 5.92 Å². The van der Waals surface area contributed by atoms with E-state index in [1.165, 1.54) is 14.0 Å². The first-order valence-electron chi connectivity index (χ1n) is 6.58. The number of amides is 1. The lowest BCUT2D eigenvalue weighted by Crippen LogP contribution is -2.51. The summed E-state index contributed by atoms with van der Waals surface area (Å²) in [6, 6.07) is -0.550. The molecule has 6 heteroatoms. The van der Waals surface area contributed by atoms with Gasteiger partial charge in [-0.2, -0.15) is 0 Å².